The van der Waals surface area contributed by atoms with Crippen LogP contribution in [0.25, 0.3) is 0 Å². The number of aromatic nitrogens is 2. The van der Waals surface area contributed by atoms with E-state index >= 15 is 0 Å². The third-order valence-corrected chi connectivity index (χ3v) is 2.92. The smallest absolute Gasteiger partial charge is 0.256 e. The summed E-state index contributed by atoms with van der Waals surface area (Å²) in [5.41, 5.74) is 1.15. The lowest BCUT2D eigenvalue weighted by atomic mass is 10.2. The van der Waals surface area contributed by atoms with Gasteiger partial charge in [0.1, 0.15) is 11.6 Å². The van der Waals surface area contributed by atoms with Crippen LogP contribution in [0.1, 0.15) is 22.8 Å². The van der Waals surface area contributed by atoms with Crippen molar-refractivity contribution in [1.82, 2.24) is 10.2 Å². The molecule has 0 bridgehead atoms. The fourth-order valence-electron chi connectivity index (χ4n) is 1.56. The molecule has 0 spiro atoms. The van der Waals surface area contributed by atoms with E-state index in [0.717, 1.165) is 12.0 Å². The largest absolute Gasteiger partial charge is 0.307 e. The number of amides is 1. The average Bonchev–Trinajstić information content (AvgIpc) is 2.75. The Hall–Kier alpha value is -1.69. The van der Waals surface area contributed by atoms with Crippen LogP contribution in [0.4, 0.5) is 10.2 Å². The number of carbonyl (C=O) groups excluding carboxylic acids is 1. The molecule has 0 unspecified atom stereocenters. The number of aromatic amines is 1. The number of anilines is 1. The van der Waals surface area contributed by atoms with Crippen LogP contribution in [0.3, 0.4) is 0 Å². The van der Waals surface area contributed by atoms with Crippen LogP contribution in [-0.4, -0.2) is 16.1 Å². The minimum Gasteiger partial charge on any atom is -0.307 e. The maximum Gasteiger partial charge on any atom is 0.256 e. The third-order valence-electron chi connectivity index (χ3n) is 2.46. The molecule has 1 aromatic carbocycles. The number of nitrogens with zero attached hydrogens (tertiary/aromatic N) is 1. The van der Waals surface area contributed by atoms with Gasteiger partial charge in [-0.3, -0.25) is 9.89 Å². The zero-order valence-corrected chi connectivity index (χ0v) is 11.2. The van der Waals surface area contributed by atoms with Gasteiger partial charge >= 0.3 is 0 Å². The first-order valence-corrected chi connectivity index (χ1v) is 6.19. The summed E-state index contributed by atoms with van der Waals surface area (Å²) in [6, 6.07) is 4.03. The lowest BCUT2D eigenvalue weighted by molar-refractivity contribution is 0.102. The SMILES string of the molecule is CCc1cn[nH]c1NC(=O)c1cc(F)cc(Br)c1. The van der Waals surface area contributed by atoms with Gasteiger partial charge in [-0.25, -0.2) is 4.39 Å². The first-order chi connectivity index (χ1) is 8.60. The Bertz CT molecular complexity index is 562. The fourth-order valence-corrected chi connectivity index (χ4v) is 2.02. The fraction of sp³-hybridized carbons (Fsp3) is 0.167. The van der Waals surface area contributed by atoms with Gasteiger partial charge in [-0.1, -0.05) is 22.9 Å². The quantitative estimate of drug-likeness (QED) is 0.915. The van der Waals surface area contributed by atoms with E-state index in [9.17, 15) is 9.18 Å². The van der Waals surface area contributed by atoms with Gasteiger partial charge in [0.05, 0.1) is 6.20 Å². The van der Waals surface area contributed by atoms with E-state index in [1.54, 1.807) is 12.3 Å². The first kappa shape index (κ1) is 12.8. The molecule has 0 saturated carbocycles. The minimum absolute atomic E-state index is 0.249. The van der Waals surface area contributed by atoms with Crippen molar-refractivity contribution in [3.8, 4) is 0 Å². The zero-order valence-electron chi connectivity index (χ0n) is 9.63. The van der Waals surface area contributed by atoms with Crippen LogP contribution < -0.4 is 5.32 Å². The van der Waals surface area contributed by atoms with Crippen molar-refractivity contribution in [1.29, 1.82) is 0 Å². The van der Waals surface area contributed by atoms with Crippen molar-refractivity contribution in [2.75, 3.05) is 5.32 Å². The molecule has 6 heteroatoms. The van der Waals surface area contributed by atoms with Crippen molar-refractivity contribution in [2.45, 2.75) is 13.3 Å². The minimum atomic E-state index is -0.463. The molecule has 0 saturated heterocycles. The molecule has 0 atom stereocenters. The van der Waals surface area contributed by atoms with Gasteiger partial charge in [0.2, 0.25) is 0 Å². The summed E-state index contributed by atoms with van der Waals surface area (Å²) < 4.78 is 13.7. The standard InChI is InChI=1S/C12H11BrFN3O/c1-2-7-6-15-17-11(7)16-12(18)8-3-9(13)5-10(14)4-8/h3-6H,2H2,1H3,(H2,15,16,17,18). The van der Waals surface area contributed by atoms with Crippen LogP contribution in [-0.2, 0) is 6.42 Å². The van der Waals surface area contributed by atoms with Crippen LogP contribution in [0.15, 0.2) is 28.9 Å². The average molecular weight is 312 g/mol. The summed E-state index contributed by atoms with van der Waals surface area (Å²) in [6.45, 7) is 1.96. The molecule has 0 fully saturated rings. The third kappa shape index (κ3) is 2.76. The number of nitrogens with one attached hydrogen (secondary N) is 2. The van der Waals surface area contributed by atoms with Gasteiger partial charge in [0.15, 0.2) is 0 Å². The van der Waals surface area contributed by atoms with Crippen molar-refractivity contribution in [3.63, 3.8) is 0 Å². The number of benzene rings is 1. The molecule has 94 valence electrons. The first-order valence-electron chi connectivity index (χ1n) is 5.40. The Kier molecular flexibility index (Phi) is 3.76. The normalized spacial score (nSPS) is 10.4. The summed E-state index contributed by atoms with van der Waals surface area (Å²) in [7, 11) is 0. The van der Waals surface area contributed by atoms with E-state index in [2.05, 4.69) is 31.4 Å². The number of hydrogen-bond donors (Lipinski definition) is 2. The molecule has 0 aliphatic rings. The van der Waals surface area contributed by atoms with E-state index in [-0.39, 0.29) is 11.5 Å². The summed E-state index contributed by atoms with van der Waals surface area (Å²) in [5, 5.41) is 9.22. The van der Waals surface area contributed by atoms with Crippen LogP contribution in [0.2, 0.25) is 0 Å². The molecule has 0 aliphatic carbocycles. The van der Waals surface area contributed by atoms with E-state index in [1.807, 2.05) is 6.92 Å². The van der Waals surface area contributed by atoms with Crippen LogP contribution >= 0.6 is 15.9 Å². The number of carbonyl (C=O) groups is 1. The van der Waals surface area contributed by atoms with Crippen LogP contribution in [0.5, 0.6) is 0 Å². The molecule has 0 aliphatic heterocycles. The Morgan fingerprint density at radius 2 is 2.28 bits per heavy atom. The molecular weight excluding hydrogens is 301 g/mol. The molecule has 1 amide bonds. The highest BCUT2D eigenvalue weighted by atomic mass is 79.9. The molecular formula is C12H11BrFN3O. The molecule has 18 heavy (non-hydrogen) atoms. The predicted octanol–water partition coefficient (Wildman–Crippen LogP) is 3.13. The number of H-pyrrole nitrogens is 1. The molecule has 2 aromatic rings. The van der Waals surface area contributed by atoms with Gasteiger partial charge in [0.25, 0.3) is 5.91 Å². The van der Waals surface area contributed by atoms with E-state index in [1.165, 1.54) is 12.1 Å². The second-order valence-corrected chi connectivity index (χ2v) is 4.65. The van der Waals surface area contributed by atoms with Gasteiger partial charge < -0.3 is 5.32 Å². The van der Waals surface area contributed by atoms with E-state index < -0.39 is 5.82 Å². The second kappa shape index (κ2) is 5.30. The molecule has 2 N–H and O–H groups in total. The van der Waals surface area contributed by atoms with Gasteiger partial charge in [-0.15, -0.1) is 0 Å². The maximum atomic E-state index is 13.2. The van der Waals surface area contributed by atoms with Crippen molar-refractivity contribution in [3.05, 3.63) is 45.8 Å². The zero-order chi connectivity index (χ0) is 13.1. The number of aryl methyl sites for hydroxylation is 1. The number of hydrogen-bond acceptors (Lipinski definition) is 2. The monoisotopic (exact) mass is 311 g/mol. The molecule has 1 aromatic heterocycles. The highest BCUT2D eigenvalue weighted by molar-refractivity contribution is 9.10. The Labute approximate surface area is 112 Å². The molecule has 4 nitrogen and oxygen atoms in total. The Morgan fingerprint density at radius 1 is 1.50 bits per heavy atom. The van der Waals surface area contributed by atoms with Gasteiger partial charge in [-0.2, -0.15) is 5.10 Å². The van der Waals surface area contributed by atoms with E-state index in [4.69, 9.17) is 0 Å². The Balaban J connectivity index is 2.22. The molecule has 0 radical (unpaired) electrons. The summed E-state index contributed by atoms with van der Waals surface area (Å²) >= 11 is 3.15. The van der Waals surface area contributed by atoms with Gasteiger partial charge in [0, 0.05) is 15.6 Å². The maximum absolute atomic E-state index is 13.2. The molecule has 2 rings (SSSR count). The number of rotatable bonds is 3. The summed E-state index contributed by atoms with van der Waals surface area (Å²) in [4.78, 5) is 11.9. The lowest BCUT2D eigenvalue weighted by Crippen LogP contribution is -2.13. The molecule has 1 heterocycles. The Morgan fingerprint density at radius 3 is 2.94 bits per heavy atom. The summed E-state index contributed by atoms with van der Waals surface area (Å²) in [6.07, 6.45) is 2.40. The van der Waals surface area contributed by atoms with E-state index in [0.29, 0.717) is 10.3 Å². The highest BCUT2D eigenvalue weighted by Gasteiger charge is 2.11. The summed E-state index contributed by atoms with van der Waals surface area (Å²) in [5.74, 6) is -0.299. The second-order valence-electron chi connectivity index (χ2n) is 3.74. The van der Waals surface area contributed by atoms with Gasteiger partial charge in [-0.05, 0) is 24.6 Å². The predicted molar refractivity (Wildman–Crippen MR) is 70.0 cm³/mol. The number of halogens is 2. The van der Waals surface area contributed by atoms with Crippen molar-refractivity contribution < 1.29 is 9.18 Å². The highest BCUT2D eigenvalue weighted by Crippen LogP contribution is 2.17. The van der Waals surface area contributed by atoms with Crippen LogP contribution in [0, 0.1) is 5.82 Å². The van der Waals surface area contributed by atoms with Crippen molar-refractivity contribution in [2.24, 2.45) is 0 Å². The lowest BCUT2D eigenvalue weighted by Gasteiger charge is -2.05. The topological polar surface area (TPSA) is 57.8 Å². The van der Waals surface area contributed by atoms with Crippen molar-refractivity contribution >= 4 is 27.7 Å².